The van der Waals surface area contributed by atoms with E-state index in [9.17, 15) is 0 Å². The van der Waals surface area contributed by atoms with Gasteiger partial charge in [0.2, 0.25) is 0 Å². The zero-order chi connectivity index (χ0) is 14.8. The zero-order valence-corrected chi connectivity index (χ0v) is 15.7. The van der Waals surface area contributed by atoms with Crippen LogP contribution in [0.4, 0.5) is 0 Å². The maximum atomic E-state index is 8.86. The Morgan fingerprint density at radius 2 is 1.41 bits per heavy atom. The molecule has 2 bridgehead atoms. The molecule has 0 aromatic heterocycles. The standard InChI is InChI=1S/C8H13O.2C6H5.Sn.H2/c9-5-8-4-6-1-2-7(8)3-6;2*1-2-4-6-5-3-1;;/h4,6-9H,1-3,5H2;2*1-5H;;1H/t6-,7+,8+;;;;/m1..../s1. The number of hydrogen-bond acceptors (Lipinski definition) is 1. The predicted molar refractivity (Wildman–Crippen MR) is 94.1 cm³/mol. The summed E-state index contributed by atoms with van der Waals surface area (Å²) in [6, 6.07) is 25.0. The maximum absolute atomic E-state index is 8.86. The first-order valence-corrected chi connectivity index (χ1v) is 7.68. The average Bonchev–Trinajstić information content (AvgIpc) is 3.22. The number of fused-ring (bicyclic) bond motifs is 2. The molecule has 2 aliphatic rings. The van der Waals surface area contributed by atoms with Crippen molar-refractivity contribution in [1.29, 1.82) is 0 Å². The summed E-state index contributed by atoms with van der Waals surface area (Å²) in [5.74, 6) is 2.27. The maximum Gasteiger partial charge on any atom is 0.0464 e. The minimum absolute atomic E-state index is 0. The van der Waals surface area contributed by atoms with Gasteiger partial charge in [-0.15, -0.1) is 0 Å². The van der Waals surface area contributed by atoms with E-state index in [1.807, 2.05) is 60.7 Å². The normalized spacial score (nSPS) is 24.1. The zero-order valence-electron chi connectivity index (χ0n) is 12.9. The van der Waals surface area contributed by atoms with E-state index in [0.717, 1.165) is 11.8 Å². The average molecular weight is 400 g/mol. The number of aliphatic hydroxyl groups is 1. The molecule has 2 saturated carbocycles. The Morgan fingerprint density at radius 3 is 1.59 bits per heavy atom. The van der Waals surface area contributed by atoms with Gasteiger partial charge in [-0.25, -0.2) is 0 Å². The topological polar surface area (TPSA) is 20.2 Å². The van der Waals surface area contributed by atoms with Crippen LogP contribution < -0.4 is 0 Å². The smallest absolute Gasteiger partial charge is 0.0464 e. The summed E-state index contributed by atoms with van der Waals surface area (Å²) in [5.41, 5.74) is 0. The van der Waals surface area contributed by atoms with Crippen LogP contribution in [0.2, 0.25) is 0 Å². The molecule has 1 N–H and O–H groups in total. The van der Waals surface area contributed by atoms with E-state index in [0.29, 0.717) is 12.5 Å². The van der Waals surface area contributed by atoms with Gasteiger partial charge in [0.25, 0.3) is 0 Å². The van der Waals surface area contributed by atoms with Crippen molar-refractivity contribution < 1.29 is 6.53 Å². The molecule has 2 heteroatoms. The molecule has 22 heavy (non-hydrogen) atoms. The fraction of sp³-hybridized carbons (Fsp3) is 0.350. The Hall–Kier alpha value is -0.801. The van der Waals surface area contributed by atoms with Crippen molar-refractivity contribution in [3.63, 3.8) is 0 Å². The van der Waals surface area contributed by atoms with Crippen LogP contribution in [0.15, 0.2) is 60.7 Å². The molecule has 2 aromatic carbocycles. The van der Waals surface area contributed by atoms with E-state index in [2.05, 4.69) is 18.6 Å². The summed E-state index contributed by atoms with van der Waals surface area (Å²) in [6.07, 6.45) is 6.48. The number of aliphatic hydroxyl groups excluding tert-OH is 1. The molecule has 0 amide bonds. The molecule has 1 nitrogen and oxygen atoms in total. The van der Waals surface area contributed by atoms with Gasteiger partial charge < -0.3 is 5.11 Å². The van der Waals surface area contributed by atoms with Gasteiger partial charge in [-0.2, -0.15) is 0 Å². The van der Waals surface area contributed by atoms with Crippen LogP contribution >= 0.6 is 0 Å². The molecule has 0 heterocycles. The summed E-state index contributed by atoms with van der Waals surface area (Å²) in [6.45, 7) is 0.390. The van der Waals surface area contributed by atoms with Gasteiger partial charge >= 0.3 is 0 Å². The van der Waals surface area contributed by atoms with E-state index in [4.69, 9.17) is 5.11 Å². The van der Waals surface area contributed by atoms with Crippen LogP contribution in [-0.2, 0) is 0 Å². The molecule has 2 aromatic rings. The Morgan fingerprint density at radius 1 is 0.864 bits per heavy atom. The van der Waals surface area contributed by atoms with Crippen LogP contribution in [-0.4, -0.2) is 35.6 Å². The summed E-state index contributed by atoms with van der Waals surface area (Å²) in [4.78, 5) is 0. The quantitative estimate of drug-likeness (QED) is 0.716. The van der Waals surface area contributed by atoms with Gasteiger partial charge in [-0.3, -0.25) is 0 Å². The molecule has 7 radical (unpaired) electrons. The molecule has 3 atom stereocenters. The first-order valence-electron chi connectivity index (χ1n) is 7.68. The second kappa shape index (κ2) is 11.7. The van der Waals surface area contributed by atoms with Crippen molar-refractivity contribution in [3.8, 4) is 0 Å². The van der Waals surface area contributed by atoms with Crippen molar-refractivity contribution in [2.75, 3.05) is 6.61 Å². The first-order chi connectivity index (χ1) is 10.4. The summed E-state index contributed by atoms with van der Waals surface area (Å²) in [7, 11) is 0. The van der Waals surface area contributed by atoms with Crippen LogP contribution in [0.25, 0.3) is 0 Å². The molecular formula is C20H25OSn. The van der Waals surface area contributed by atoms with Gasteiger partial charge in [0.1, 0.15) is 0 Å². The molecule has 0 saturated heterocycles. The fourth-order valence-electron chi connectivity index (χ4n) is 3.02. The Balaban J connectivity index is 0.000000312. The van der Waals surface area contributed by atoms with Gasteiger partial charge in [0.15, 0.2) is 0 Å². The summed E-state index contributed by atoms with van der Waals surface area (Å²) >= 11 is 0. The predicted octanol–water partition coefficient (Wildman–Crippen LogP) is 4.07. The fourth-order valence-corrected chi connectivity index (χ4v) is 3.02. The van der Waals surface area contributed by atoms with Gasteiger partial charge in [0.05, 0.1) is 0 Å². The monoisotopic (exact) mass is 401 g/mol. The Labute approximate surface area is 153 Å². The van der Waals surface area contributed by atoms with E-state index >= 15 is 0 Å². The largest absolute Gasteiger partial charge is 0.396 e. The molecule has 2 aliphatic carbocycles. The minimum Gasteiger partial charge on any atom is -0.396 e. The Bertz CT molecular complexity index is 381. The van der Waals surface area contributed by atoms with E-state index in [-0.39, 0.29) is 25.3 Å². The van der Waals surface area contributed by atoms with E-state index in [1.165, 1.54) is 19.3 Å². The first kappa shape index (κ1) is 19.2. The van der Waals surface area contributed by atoms with E-state index < -0.39 is 0 Å². The van der Waals surface area contributed by atoms with Crippen molar-refractivity contribution in [2.24, 2.45) is 17.8 Å². The SMILES string of the molecule is OC[C@@H]1[CH][C@@H]2CC[C@H]1C2.[HH].[Sn].[c]1ccccc1.[c]1ccccc1. The molecule has 4 rings (SSSR count). The molecule has 0 aliphatic heterocycles. The summed E-state index contributed by atoms with van der Waals surface area (Å²) in [5, 5.41) is 8.86. The second-order valence-corrected chi connectivity index (χ2v) is 5.53. The van der Waals surface area contributed by atoms with Crippen LogP contribution in [0.5, 0.6) is 0 Å². The van der Waals surface area contributed by atoms with Crippen LogP contribution in [0.3, 0.4) is 0 Å². The number of benzene rings is 2. The molecule has 115 valence electrons. The van der Waals surface area contributed by atoms with Crippen molar-refractivity contribution >= 4 is 23.9 Å². The second-order valence-electron chi connectivity index (χ2n) is 5.53. The molecule has 0 spiro atoms. The van der Waals surface area contributed by atoms with Gasteiger partial charge in [-0.1, -0.05) is 60.7 Å². The summed E-state index contributed by atoms with van der Waals surface area (Å²) < 4.78 is 0. The Kier molecular flexibility index (Phi) is 10.3. The number of hydrogen-bond donors (Lipinski definition) is 1. The molecule has 0 unspecified atom stereocenters. The number of rotatable bonds is 1. The van der Waals surface area contributed by atoms with Gasteiger partial charge in [0, 0.05) is 31.9 Å². The van der Waals surface area contributed by atoms with Crippen LogP contribution in [0.1, 0.15) is 20.7 Å². The van der Waals surface area contributed by atoms with Gasteiger partial charge in [-0.05, 0) is 55.6 Å². The molecular weight excluding hydrogens is 375 g/mol. The van der Waals surface area contributed by atoms with Crippen LogP contribution in [0, 0.1) is 36.3 Å². The third kappa shape index (κ3) is 6.97. The van der Waals surface area contributed by atoms with Crippen molar-refractivity contribution in [3.05, 3.63) is 79.2 Å². The minimum atomic E-state index is 0. The van der Waals surface area contributed by atoms with Crippen molar-refractivity contribution in [2.45, 2.75) is 19.3 Å². The van der Waals surface area contributed by atoms with Crippen molar-refractivity contribution in [1.82, 2.24) is 0 Å². The molecule has 2 fully saturated rings. The third-order valence-electron chi connectivity index (χ3n) is 4.06. The third-order valence-corrected chi connectivity index (χ3v) is 4.06. The van der Waals surface area contributed by atoms with E-state index in [1.54, 1.807) is 0 Å².